The number of likely N-dealkylation sites (tertiary alicyclic amines) is 1. The van der Waals surface area contributed by atoms with Gasteiger partial charge in [0, 0.05) is 24.7 Å². The van der Waals surface area contributed by atoms with Gasteiger partial charge in [-0.3, -0.25) is 0 Å². The number of carboxylic acid groups (broad SMARTS) is 1. The summed E-state index contributed by atoms with van der Waals surface area (Å²) in [6, 6.07) is -0.330. The van der Waals surface area contributed by atoms with Crippen molar-refractivity contribution in [2.45, 2.75) is 38.8 Å². The van der Waals surface area contributed by atoms with Gasteiger partial charge in [0.2, 0.25) is 0 Å². The average molecular weight is 229 g/mol. The van der Waals surface area contributed by atoms with Crippen LogP contribution < -0.4 is 10.6 Å². The summed E-state index contributed by atoms with van der Waals surface area (Å²) in [4.78, 5) is 23.5. The highest BCUT2D eigenvalue weighted by atomic mass is 16.4. The van der Waals surface area contributed by atoms with Crippen LogP contribution in [0.4, 0.5) is 9.59 Å². The smallest absolute Gasteiger partial charge is 0.407 e. The Balaban J connectivity index is 2.34. The van der Waals surface area contributed by atoms with Crippen LogP contribution in [0.5, 0.6) is 0 Å². The van der Waals surface area contributed by atoms with E-state index in [-0.39, 0.29) is 17.6 Å². The standard InChI is InChI=1S/C10H19N3O3/c1-10(2,3)12-8(14)11-7-4-5-13(6-7)9(15)16/h7H,4-6H2,1-3H3,(H,15,16)(H2,11,12,14). The van der Waals surface area contributed by atoms with Gasteiger partial charge >= 0.3 is 12.1 Å². The SMILES string of the molecule is CC(C)(C)NC(=O)NC1CCN(C(=O)O)C1. The maximum absolute atomic E-state index is 11.5. The molecule has 6 heteroatoms. The Morgan fingerprint density at radius 2 is 2.00 bits per heavy atom. The number of rotatable bonds is 1. The summed E-state index contributed by atoms with van der Waals surface area (Å²) in [5.74, 6) is 0. The molecule has 0 aliphatic carbocycles. The zero-order valence-corrected chi connectivity index (χ0v) is 9.91. The first-order valence-electron chi connectivity index (χ1n) is 5.34. The molecule has 1 unspecified atom stereocenters. The molecule has 16 heavy (non-hydrogen) atoms. The fraction of sp³-hybridized carbons (Fsp3) is 0.800. The first-order chi connectivity index (χ1) is 7.28. The van der Waals surface area contributed by atoms with E-state index in [4.69, 9.17) is 5.11 Å². The number of carbonyl (C=O) groups is 2. The maximum Gasteiger partial charge on any atom is 0.407 e. The lowest BCUT2D eigenvalue weighted by atomic mass is 10.1. The second kappa shape index (κ2) is 4.59. The Labute approximate surface area is 95.0 Å². The highest BCUT2D eigenvalue weighted by molar-refractivity contribution is 5.75. The molecule has 1 aliphatic rings. The van der Waals surface area contributed by atoms with E-state index in [0.29, 0.717) is 19.5 Å². The molecule has 0 aromatic carbocycles. The molecule has 0 saturated carbocycles. The van der Waals surface area contributed by atoms with Gasteiger partial charge in [-0.2, -0.15) is 0 Å². The third kappa shape index (κ3) is 3.96. The summed E-state index contributed by atoms with van der Waals surface area (Å²) in [7, 11) is 0. The van der Waals surface area contributed by atoms with Gasteiger partial charge in [0.05, 0.1) is 0 Å². The minimum atomic E-state index is -0.930. The second-order valence-electron chi connectivity index (χ2n) is 5.06. The maximum atomic E-state index is 11.5. The Morgan fingerprint density at radius 3 is 2.44 bits per heavy atom. The van der Waals surface area contributed by atoms with E-state index in [1.165, 1.54) is 4.90 Å². The van der Waals surface area contributed by atoms with E-state index >= 15 is 0 Å². The van der Waals surface area contributed by atoms with Gasteiger partial charge in [-0.1, -0.05) is 0 Å². The molecule has 0 radical (unpaired) electrons. The lowest BCUT2D eigenvalue weighted by molar-refractivity contribution is 0.154. The van der Waals surface area contributed by atoms with E-state index in [2.05, 4.69) is 10.6 Å². The van der Waals surface area contributed by atoms with Crippen molar-refractivity contribution in [1.82, 2.24) is 15.5 Å². The molecule has 0 spiro atoms. The van der Waals surface area contributed by atoms with Crippen molar-refractivity contribution >= 4 is 12.1 Å². The number of nitrogens with one attached hydrogen (secondary N) is 2. The second-order valence-corrected chi connectivity index (χ2v) is 5.06. The zero-order chi connectivity index (χ0) is 12.3. The van der Waals surface area contributed by atoms with Crippen molar-refractivity contribution < 1.29 is 14.7 Å². The van der Waals surface area contributed by atoms with Crippen LogP contribution in [-0.2, 0) is 0 Å². The summed E-state index contributed by atoms with van der Waals surface area (Å²) < 4.78 is 0. The van der Waals surface area contributed by atoms with E-state index in [1.54, 1.807) is 0 Å². The van der Waals surface area contributed by atoms with Crippen LogP contribution in [0.3, 0.4) is 0 Å². The Hall–Kier alpha value is -1.46. The molecule has 92 valence electrons. The highest BCUT2D eigenvalue weighted by Gasteiger charge is 2.27. The third-order valence-corrected chi connectivity index (χ3v) is 2.28. The number of carbonyl (C=O) groups excluding carboxylic acids is 1. The normalized spacial score (nSPS) is 20.7. The van der Waals surface area contributed by atoms with E-state index in [0.717, 1.165) is 0 Å². The molecule has 3 amide bonds. The Kier molecular flexibility index (Phi) is 3.62. The number of hydrogen-bond donors (Lipinski definition) is 3. The van der Waals surface area contributed by atoms with Crippen molar-refractivity contribution in [3.05, 3.63) is 0 Å². The molecular formula is C10H19N3O3. The third-order valence-electron chi connectivity index (χ3n) is 2.28. The molecular weight excluding hydrogens is 210 g/mol. The fourth-order valence-corrected chi connectivity index (χ4v) is 1.61. The van der Waals surface area contributed by atoms with Crippen molar-refractivity contribution in [3.63, 3.8) is 0 Å². The molecule has 0 aromatic rings. The molecule has 1 rings (SSSR count). The predicted octanol–water partition coefficient (Wildman–Crippen LogP) is 0.836. The fourth-order valence-electron chi connectivity index (χ4n) is 1.61. The van der Waals surface area contributed by atoms with Crippen LogP contribution in [0.2, 0.25) is 0 Å². The summed E-state index contributed by atoms with van der Waals surface area (Å²) in [5.41, 5.74) is -0.283. The molecule has 1 saturated heterocycles. The quantitative estimate of drug-likeness (QED) is 0.623. The zero-order valence-electron chi connectivity index (χ0n) is 9.91. The first kappa shape index (κ1) is 12.6. The van der Waals surface area contributed by atoms with Gasteiger partial charge in [-0.15, -0.1) is 0 Å². The van der Waals surface area contributed by atoms with Crippen molar-refractivity contribution in [3.8, 4) is 0 Å². The molecule has 0 bridgehead atoms. The highest BCUT2D eigenvalue weighted by Crippen LogP contribution is 2.09. The number of nitrogens with zero attached hydrogens (tertiary/aromatic N) is 1. The van der Waals surface area contributed by atoms with E-state index in [9.17, 15) is 9.59 Å². The van der Waals surface area contributed by atoms with Gasteiger partial charge in [0.1, 0.15) is 0 Å². The van der Waals surface area contributed by atoms with Crippen LogP contribution in [0.15, 0.2) is 0 Å². The van der Waals surface area contributed by atoms with Gasteiger partial charge in [0.25, 0.3) is 0 Å². The van der Waals surface area contributed by atoms with Crippen molar-refractivity contribution in [1.29, 1.82) is 0 Å². The monoisotopic (exact) mass is 229 g/mol. The Morgan fingerprint density at radius 1 is 1.38 bits per heavy atom. The van der Waals surface area contributed by atoms with E-state index < -0.39 is 6.09 Å². The largest absolute Gasteiger partial charge is 0.465 e. The Bertz CT molecular complexity index is 286. The minimum absolute atomic E-state index is 0.0848. The van der Waals surface area contributed by atoms with Crippen LogP contribution in [0.1, 0.15) is 27.2 Å². The summed E-state index contributed by atoms with van der Waals surface area (Å²) >= 11 is 0. The molecule has 1 heterocycles. The molecule has 1 fully saturated rings. The minimum Gasteiger partial charge on any atom is -0.465 e. The molecule has 1 aliphatic heterocycles. The van der Waals surface area contributed by atoms with Gasteiger partial charge < -0.3 is 20.6 Å². The van der Waals surface area contributed by atoms with Crippen LogP contribution >= 0.6 is 0 Å². The number of urea groups is 1. The van der Waals surface area contributed by atoms with Gasteiger partial charge in [-0.25, -0.2) is 9.59 Å². The van der Waals surface area contributed by atoms with Crippen LogP contribution in [-0.4, -0.2) is 46.8 Å². The number of hydrogen-bond acceptors (Lipinski definition) is 2. The molecule has 1 atom stereocenters. The van der Waals surface area contributed by atoms with Gasteiger partial charge in [-0.05, 0) is 27.2 Å². The van der Waals surface area contributed by atoms with Crippen LogP contribution in [0.25, 0.3) is 0 Å². The topological polar surface area (TPSA) is 81.7 Å². The van der Waals surface area contributed by atoms with Crippen molar-refractivity contribution in [2.75, 3.05) is 13.1 Å². The number of amides is 3. The summed E-state index contributed by atoms with van der Waals surface area (Å²) in [5, 5.41) is 14.3. The summed E-state index contributed by atoms with van der Waals surface area (Å²) in [6.45, 7) is 6.53. The van der Waals surface area contributed by atoms with Crippen LogP contribution in [0, 0.1) is 0 Å². The average Bonchev–Trinajstić information content (AvgIpc) is 2.48. The lowest BCUT2D eigenvalue weighted by Gasteiger charge is -2.22. The molecule has 3 N–H and O–H groups in total. The lowest BCUT2D eigenvalue weighted by Crippen LogP contribution is -2.50. The molecule has 0 aromatic heterocycles. The first-order valence-corrected chi connectivity index (χ1v) is 5.34. The van der Waals surface area contributed by atoms with E-state index in [1.807, 2.05) is 20.8 Å². The van der Waals surface area contributed by atoms with Gasteiger partial charge in [0.15, 0.2) is 0 Å². The molecule has 6 nitrogen and oxygen atoms in total. The summed E-state index contributed by atoms with van der Waals surface area (Å²) in [6.07, 6.45) is -0.260. The van der Waals surface area contributed by atoms with Crippen molar-refractivity contribution in [2.24, 2.45) is 0 Å². The predicted molar refractivity (Wildman–Crippen MR) is 59.4 cm³/mol.